The summed E-state index contributed by atoms with van der Waals surface area (Å²) in [5.41, 5.74) is 3.33. The molecule has 3 atom stereocenters. The molecule has 4 rings (SSSR count). The van der Waals surface area contributed by atoms with Crippen molar-refractivity contribution in [2.45, 2.75) is 55.6 Å². The Balaban J connectivity index is 1.44. The lowest BCUT2D eigenvalue weighted by atomic mass is 9.90. The van der Waals surface area contributed by atoms with E-state index in [9.17, 15) is 18.5 Å². The number of sulfonamides is 1. The second-order valence-electron chi connectivity index (χ2n) is 8.75. The summed E-state index contributed by atoms with van der Waals surface area (Å²) in [7, 11) is -3.78. The van der Waals surface area contributed by atoms with Gasteiger partial charge in [-0.2, -0.15) is 0 Å². The quantitative estimate of drug-likeness (QED) is 0.341. The summed E-state index contributed by atoms with van der Waals surface area (Å²) in [6, 6.07) is 23.4. The molecule has 0 saturated heterocycles. The summed E-state index contributed by atoms with van der Waals surface area (Å²) in [4.78, 5) is 10.4. The normalized spacial score (nSPS) is 19.4. The average Bonchev–Trinajstić information content (AvgIpc) is 2.86. The Morgan fingerprint density at radius 2 is 1.44 bits per heavy atom. The Morgan fingerprint density at radius 1 is 0.853 bits per heavy atom. The van der Waals surface area contributed by atoms with Crippen molar-refractivity contribution < 1.29 is 13.3 Å². The molecule has 0 amide bonds. The van der Waals surface area contributed by atoms with E-state index in [0.717, 1.165) is 36.8 Å². The summed E-state index contributed by atoms with van der Waals surface area (Å²) < 4.78 is 28.7. The summed E-state index contributed by atoms with van der Waals surface area (Å²) in [6.07, 6.45) is 3.60. The van der Waals surface area contributed by atoms with E-state index in [1.165, 1.54) is 29.8 Å². The zero-order chi connectivity index (χ0) is 24.1. The van der Waals surface area contributed by atoms with Crippen molar-refractivity contribution in [1.29, 1.82) is 0 Å². The van der Waals surface area contributed by atoms with Crippen molar-refractivity contribution in [3.63, 3.8) is 0 Å². The third-order valence-corrected chi connectivity index (χ3v) is 7.92. The van der Waals surface area contributed by atoms with Gasteiger partial charge in [-0.25, -0.2) is 13.1 Å². The van der Waals surface area contributed by atoms with E-state index in [2.05, 4.69) is 53.4 Å². The van der Waals surface area contributed by atoms with E-state index in [0.29, 0.717) is 0 Å². The molecule has 0 bridgehead atoms. The SMILES string of the molecule is CC(N[C@H]1CCCC[C@@H]1NS(=O)(=O)c1ccc([N+](=O)[O-])cc1)c1ccc(-c2ccccc2)cc1. The van der Waals surface area contributed by atoms with Crippen LogP contribution in [0.15, 0.2) is 83.8 Å². The third-order valence-electron chi connectivity index (χ3n) is 6.41. The Hall–Kier alpha value is -3.07. The lowest BCUT2D eigenvalue weighted by molar-refractivity contribution is -0.384. The topological polar surface area (TPSA) is 101 Å². The minimum atomic E-state index is -3.78. The molecule has 3 aromatic carbocycles. The minimum absolute atomic E-state index is 0.00891. The molecule has 0 spiro atoms. The number of nitrogens with one attached hydrogen (secondary N) is 2. The number of hydrogen-bond acceptors (Lipinski definition) is 5. The minimum Gasteiger partial charge on any atom is -0.306 e. The fourth-order valence-corrected chi connectivity index (χ4v) is 5.81. The second-order valence-corrected chi connectivity index (χ2v) is 10.5. The number of rotatable bonds is 8. The fraction of sp³-hybridized carbons (Fsp3) is 0.308. The number of benzene rings is 3. The fourth-order valence-electron chi connectivity index (χ4n) is 4.50. The van der Waals surface area contributed by atoms with Crippen LogP contribution < -0.4 is 10.0 Å². The highest BCUT2D eigenvalue weighted by molar-refractivity contribution is 7.89. The molecule has 8 heteroatoms. The molecular weight excluding hydrogens is 450 g/mol. The first-order valence-corrected chi connectivity index (χ1v) is 13.0. The molecule has 178 valence electrons. The smallest absolute Gasteiger partial charge is 0.269 e. The van der Waals surface area contributed by atoms with Crippen LogP contribution in [-0.4, -0.2) is 25.4 Å². The van der Waals surface area contributed by atoms with Gasteiger partial charge < -0.3 is 5.32 Å². The first kappa shape index (κ1) is 24.1. The van der Waals surface area contributed by atoms with Gasteiger partial charge in [-0.05, 0) is 48.6 Å². The van der Waals surface area contributed by atoms with Gasteiger partial charge in [-0.15, -0.1) is 0 Å². The van der Waals surface area contributed by atoms with Crippen molar-refractivity contribution >= 4 is 15.7 Å². The zero-order valence-electron chi connectivity index (χ0n) is 19.1. The molecule has 2 N–H and O–H groups in total. The first-order valence-electron chi connectivity index (χ1n) is 11.5. The number of non-ortho nitro benzene ring substituents is 1. The van der Waals surface area contributed by atoms with Gasteiger partial charge in [-0.3, -0.25) is 10.1 Å². The molecule has 1 unspecified atom stereocenters. The maximum absolute atomic E-state index is 12.9. The number of nitro groups is 1. The first-order chi connectivity index (χ1) is 16.3. The Labute approximate surface area is 200 Å². The molecule has 1 saturated carbocycles. The van der Waals surface area contributed by atoms with Gasteiger partial charge >= 0.3 is 0 Å². The Kier molecular flexibility index (Phi) is 7.41. The summed E-state index contributed by atoms with van der Waals surface area (Å²) in [5, 5.41) is 14.5. The largest absolute Gasteiger partial charge is 0.306 e. The van der Waals surface area contributed by atoms with Crippen LogP contribution in [0.25, 0.3) is 11.1 Å². The van der Waals surface area contributed by atoms with Gasteiger partial charge in [0.2, 0.25) is 10.0 Å². The highest BCUT2D eigenvalue weighted by Gasteiger charge is 2.30. The second kappa shape index (κ2) is 10.5. The molecule has 1 aliphatic rings. The van der Waals surface area contributed by atoms with Crippen molar-refractivity contribution in [3.05, 3.63) is 94.5 Å². The van der Waals surface area contributed by atoms with Crippen LogP contribution in [0, 0.1) is 10.1 Å². The molecule has 1 aliphatic carbocycles. The van der Waals surface area contributed by atoms with Crippen molar-refractivity contribution in [3.8, 4) is 11.1 Å². The highest BCUT2D eigenvalue weighted by atomic mass is 32.2. The van der Waals surface area contributed by atoms with Crippen LogP contribution in [0.5, 0.6) is 0 Å². The van der Waals surface area contributed by atoms with Gasteiger partial charge in [0.1, 0.15) is 0 Å². The van der Waals surface area contributed by atoms with Crippen LogP contribution in [-0.2, 0) is 10.0 Å². The van der Waals surface area contributed by atoms with Crippen LogP contribution >= 0.6 is 0 Å². The monoisotopic (exact) mass is 479 g/mol. The Bertz CT molecular complexity index is 1210. The molecule has 0 radical (unpaired) electrons. The third kappa shape index (κ3) is 5.70. The number of nitrogens with zero attached hydrogens (tertiary/aromatic N) is 1. The van der Waals surface area contributed by atoms with Crippen LogP contribution in [0.2, 0.25) is 0 Å². The molecule has 7 nitrogen and oxygen atoms in total. The predicted octanol–water partition coefficient (Wildman–Crippen LogP) is 5.20. The van der Waals surface area contributed by atoms with E-state index in [-0.39, 0.29) is 28.7 Å². The maximum atomic E-state index is 12.9. The van der Waals surface area contributed by atoms with Crippen molar-refractivity contribution in [2.24, 2.45) is 0 Å². The molecule has 0 aromatic heterocycles. The molecule has 34 heavy (non-hydrogen) atoms. The summed E-state index contributed by atoms with van der Waals surface area (Å²) in [6.45, 7) is 2.09. The van der Waals surface area contributed by atoms with Gasteiger partial charge in [0.25, 0.3) is 5.69 Å². The van der Waals surface area contributed by atoms with Crippen molar-refractivity contribution in [2.75, 3.05) is 0 Å². The molecule has 0 aliphatic heterocycles. The lowest BCUT2D eigenvalue weighted by Gasteiger charge is -2.35. The van der Waals surface area contributed by atoms with Gasteiger partial charge in [-0.1, -0.05) is 67.4 Å². The van der Waals surface area contributed by atoms with Crippen molar-refractivity contribution in [1.82, 2.24) is 10.0 Å². The van der Waals surface area contributed by atoms with E-state index >= 15 is 0 Å². The van der Waals surface area contributed by atoms with Crippen LogP contribution in [0.1, 0.15) is 44.2 Å². The molecular formula is C26H29N3O4S. The predicted molar refractivity (Wildman–Crippen MR) is 133 cm³/mol. The van der Waals surface area contributed by atoms with Gasteiger partial charge in [0.05, 0.1) is 9.82 Å². The Morgan fingerprint density at radius 3 is 2.06 bits per heavy atom. The van der Waals surface area contributed by atoms with Crippen LogP contribution in [0.4, 0.5) is 5.69 Å². The highest BCUT2D eigenvalue weighted by Crippen LogP contribution is 2.26. The van der Waals surface area contributed by atoms with Gasteiger partial charge in [0.15, 0.2) is 0 Å². The summed E-state index contributed by atoms with van der Waals surface area (Å²) in [5.74, 6) is 0. The molecule has 0 heterocycles. The maximum Gasteiger partial charge on any atom is 0.269 e. The standard InChI is InChI=1S/C26H29N3O4S/c1-19(20-11-13-22(14-12-20)21-7-3-2-4-8-21)27-25-9-5-6-10-26(25)28-34(32,33)24-17-15-23(16-18-24)29(30)31/h2-4,7-8,11-19,25-28H,5-6,9-10H2,1H3/t19?,25-,26-/m0/s1. The van der Waals surface area contributed by atoms with E-state index < -0.39 is 14.9 Å². The van der Waals surface area contributed by atoms with E-state index in [4.69, 9.17) is 0 Å². The zero-order valence-corrected chi connectivity index (χ0v) is 19.9. The molecule has 3 aromatic rings. The lowest BCUT2D eigenvalue weighted by Crippen LogP contribution is -2.52. The van der Waals surface area contributed by atoms with Crippen LogP contribution in [0.3, 0.4) is 0 Å². The van der Waals surface area contributed by atoms with E-state index in [1.54, 1.807) is 0 Å². The average molecular weight is 480 g/mol. The van der Waals surface area contributed by atoms with E-state index in [1.807, 2.05) is 18.2 Å². The summed E-state index contributed by atoms with van der Waals surface area (Å²) >= 11 is 0. The van der Waals surface area contributed by atoms with Gasteiger partial charge in [0, 0.05) is 30.3 Å². The number of nitro benzene ring substituents is 1. The molecule has 1 fully saturated rings. The number of hydrogen-bond donors (Lipinski definition) is 2.